The van der Waals surface area contributed by atoms with E-state index in [4.69, 9.17) is 9.84 Å². The zero-order valence-corrected chi connectivity index (χ0v) is 32.9. The first-order valence-electron chi connectivity index (χ1n) is 19.5. The van der Waals surface area contributed by atoms with E-state index in [0.717, 1.165) is 42.2 Å². The number of nitrogens with zero attached hydrogens (tertiary/aromatic N) is 3. The molecule has 1 unspecified atom stereocenters. The number of hydrogen-bond acceptors (Lipinski definition) is 8. The second kappa shape index (κ2) is 17.1. The summed E-state index contributed by atoms with van der Waals surface area (Å²) in [4.78, 5) is 44.2. The van der Waals surface area contributed by atoms with Gasteiger partial charge in [0.05, 0.1) is 22.9 Å². The van der Waals surface area contributed by atoms with E-state index in [9.17, 15) is 27.9 Å². The molecule has 11 nitrogen and oxygen atoms in total. The van der Waals surface area contributed by atoms with Crippen LogP contribution in [0.3, 0.4) is 0 Å². The molecule has 0 saturated carbocycles. The van der Waals surface area contributed by atoms with Crippen LogP contribution in [0.25, 0.3) is 27.6 Å². The van der Waals surface area contributed by atoms with Crippen molar-refractivity contribution < 1.29 is 32.6 Å². The molecule has 0 radical (unpaired) electrons. The van der Waals surface area contributed by atoms with Crippen LogP contribution in [0.4, 0.5) is 0 Å². The fourth-order valence-corrected chi connectivity index (χ4v) is 8.63. The van der Waals surface area contributed by atoms with Crippen molar-refractivity contribution in [3.05, 3.63) is 137 Å². The van der Waals surface area contributed by atoms with Crippen molar-refractivity contribution in [3.8, 4) is 16.8 Å². The summed E-state index contributed by atoms with van der Waals surface area (Å²) in [5.74, 6) is -1.59. The van der Waals surface area contributed by atoms with Gasteiger partial charge in [-0.1, -0.05) is 80.1 Å². The lowest BCUT2D eigenvalue weighted by Crippen LogP contribution is -2.40. The Kier molecular flexibility index (Phi) is 11.8. The largest absolute Gasteiger partial charge is 0.461 e. The third-order valence-corrected chi connectivity index (χ3v) is 12.0. The Morgan fingerprint density at radius 3 is 2.49 bits per heavy atom. The molecule has 2 N–H and O–H groups in total. The summed E-state index contributed by atoms with van der Waals surface area (Å²) in [6.07, 6.45) is 10.4. The molecule has 2 aliphatic rings. The van der Waals surface area contributed by atoms with Gasteiger partial charge in [0.25, 0.3) is 21.8 Å². The highest BCUT2D eigenvalue weighted by Gasteiger charge is 2.33. The average molecular weight is 787 g/mol. The first-order valence-corrected chi connectivity index (χ1v) is 20.9. The fraction of sp³-hybridized carbons (Fsp3) is 0.289. The third kappa shape index (κ3) is 8.33. The number of hydrogen-bond donors (Lipinski definition) is 2. The Balaban J connectivity index is 1.36. The number of esters is 1. The number of nitrogens with one attached hydrogen (secondary N) is 1. The normalized spacial score (nSPS) is 15.2. The van der Waals surface area contributed by atoms with Gasteiger partial charge in [-0.05, 0) is 109 Å². The summed E-state index contributed by atoms with van der Waals surface area (Å²) >= 11 is 0. The number of ether oxygens (including phenoxy) is 1. The van der Waals surface area contributed by atoms with Crippen LogP contribution in [0.5, 0.6) is 0 Å². The summed E-state index contributed by atoms with van der Waals surface area (Å²) < 4.78 is 36.6. The molecule has 1 aliphatic heterocycles. The molecule has 294 valence electrons. The van der Waals surface area contributed by atoms with Gasteiger partial charge in [0.1, 0.15) is 0 Å². The fourth-order valence-electron chi connectivity index (χ4n) is 7.62. The third-order valence-electron chi connectivity index (χ3n) is 10.6. The van der Waals surface area contributed by atoms with Crippen LogP contribution in [-0.4, -0.2) is 72.3 Å². The maximum Gasteiger partial charge on any atom is 0.359 e. The topological polar surface area (TPSA) is 148 Å². The highest BCUT2D eigenvalue weighted by atomic mass is 32.2. The summed E-state index contributed by atoms with van der Waals surface area (Å²) in [6, 6.07) is 24.0. The Morgan fingerprint density at radius 2 is 1.74 bits per heavy atom. The van der Waals surface area contributed by atoms with E-state index in [1.807, 2.05) is 48.6 Å². The van der Waals surface area contributed by atoms with Crippen LogP contribution >= 0.6 is 0 Å². The number of fused-ring (bicyclic) bond motifs is 2. The van der Waals surface area contributed by atoms with Crippen molar-refractivity contribution in [2.24, 2.45) is 5.92 Å². The number of rotatable bonds is 13. The molecule has 1 aliphatic carbocycles. The first-order chi connectivity index (χ1) is 27.6. The number of carbonyl (C=O) groups is 3. The molecule has 1 aromatic heterocycles. The molecule has 4 aromatic carbocycles. The number of likely N-dealkylation sites (tertiary alicyclic amines) is 1. The molecule has 2 heterocycles. The lowest BCUT2D eigenvalue weighted by Gasteiger charge is -2.35. The average Bonchev–Trinajstić information content (AvgIpc) is 3.61. The number of piperidine rings is 1. The van der Waals surface area contributed by atoms with Crippen molar-refractivity contribution in [3.63, 3.8) is 0 Å². The number of aromatic nitrogens is 2. The predicted molar refractivity (Wildman–Crippen MR) is 219 cm³/mol. The molecule has 0 spiro atoms. The van der Waals surface area contributed by atoms with Crippen LogP contribution < -0.4 is 4.72 Å². The van der Waals surface area contributed by atoms with Gasteiger partial charge in [-0.2, -0.15) is 5.10 Å². The van der Waals surface area contributed by atoms with E-state index in [1.54, 1.807) is 40.8 Å². The van der Waals surface area contributed by atoms with Crippen molar-refractivity contribution in [2.45, 2.75) is 57.3 Å². The van der Waals surface area contributed by atoms with E-state index < -0.39 is 21.9 Å². The number of aliphatic hydroxyl groups is 1. The number of unbranched alkanes of at least 4 members (excludes halogenated alkanes) is 1. The van der Waals surface area contributed by atoms with Crippen molar-refractivity contribution in [1.82, 2.24) is 19.4 Å². The molecule has 1 atom stereocenters. The van der Waals surface area contributed by atoms with Gasteiger partial charge in [0.15, 0.2) is 5.69 Å². The minimum atomic E-state index is -4.30. The minimum absolute atomic E-state index is 0.00583. The van der Waals surface area contributed by atoms with Crippen LogP contribution in [-0.2, 0) is 27.6 Å². The Hall–Kier alpha value is -5.85. The van der Waals surface area contributed by atoms with E-state index in [1.165, 1.54) is 24.3 Å². The second-order valence-electron chi connectivity index (χ2n) is 14.4. The van der Waals surface area contributed by atoms with Crippen LogP contribution in [0, 0.1) is 5.92 Å². The Morgan fingerprint density at radius 1 is 0.947 bits per heavy atom. The number of aliphatic hydroxyl groups excluding tert-OH is 1. The van der Waals surface area contributed by atoms with Crippen LogP contribution in [0.15, 0.2) is 114 Å². The van der Waals surface area contributed by atoms with E-state index in [0.29, 0.717) is 59.7 Å². The lowest BCUT2D eigenvalue weighted by atomic mass is 9.85. The zero-order valence-electron chi connectivity index (χ0n) is 32.1. The lowest BCUT2D eigenvalue weighted by molar-refractivity contribution is 0.0519. The quantitative estimate of drug-likeness (QED) is 0.119. The van der Waals surface area contributed by atoms with E-state index >= 15 is 0 Å². The van der Waals surface area contributed by atoms with Gasteiger partial charge < -0.3 is 14.7 Å². The highest BCUT2D eigenvalue weighted by molar-refractivity contribution is 7.90. The van der Waals surface area contributed by atoms with Gasteiger partial charge in [-0.3, -0.25) is 9.59 Å². The number of allylic oxidation sites excluding steroid dienone is 3. The van der Waals surface area contributed by atoms with Gasteiger partial charge >= 0.3 is 5.97 Å². The number of carbonyl (C=O) groups excluding carboxylic acids is 3. The number of sulfonamides is 1. The monoisotopic (exact) mass is 786 g/mol. The summed E-state index contributed by atoms with van der Waals surface area (Å²) in [5.41, 5.74) is 4.35. The number of benzene rings is 4. The molecule has 0 bridgehead atoms. The molecular weight excluding hydrogens is 741 g/mol. The van der Waals surface area contributed by atoms with Crippen molar-refractivity contribution in [1.29, 1.82) is 0 Å². The second-order valence-corrected chi connectivity index (χ2v) is 16.1. The summed E-state index contributed by atoms with van der Waals surface area (Å²) in [7, 11) is -4.30. The molecule has 1 saturated heterocycles. The highest BCUT2D eigenvalue weighted by Crippen LogP contribution is 2.37. The van der Waals surface area contributed by atoms with Crippen molar-refractivity contribution >= 4 is 38.6 Å². The standard InChI is InChI=1S/C45H46N4O7S/c1-3-5-14-40-41(42(45(53)56-4-2)46-49(40)36-19-15-30(16-20-36)24-26-50)38-22-18-34(28-39(38)44(52)48-25-23-32-11-7-9-13-35(32)29-48)43(51)47-57(54,55)37-21-17-31-10-6-8-12-33(31)27-37/h6-10,12-13,15-22,27-28,32,50H,3-5,11,14,23-26,29H2,1-2H3,(H,47,51). The van der Waals surface area contributed by atoms with Gasteiger partial charge in [-0.25, -0.2) is 22.6 Å². The SMILES string of the molecule is CCCCc1c(-c2ccc(C(=O)NS(=O)(=O)c3ccc4ccccc4c3)cc2C(=O)N2CCC3CC=CC=C3C2)c(C(=O)OCC)nn1-c1ccc(CCO)cc1. The van der Waals surface area contributed by atoms with E-state index in [2.05, 4.69) is 17.7 Å². The van der Waals surface area contributed by atoms with Crippen LogP contribution in [0.2, 0.25) is 0 Å². The zero-order chi connectivity index (χ0) is 40.1. The Labute approximate surface area is 332 Å². The van der Waals surface area contributed by atoms with Gasteiger partial charge in [0.2, 0.25) is 0 Å². The Bertz CT molecular complexity index is 2500. The minimum Gasteiger partial charge on any atom is -0.461 e. The molecule has 7 rings (SSSR count). The maximum absolute atomic E-state index is 14.8. The van der Waals surface area contributed by atoms with Crippen molar-refractivity contribution in [2.75, 3.05) is 26.3 Å². The first kappa shape index (κ1) is 39.4. The predicted octanol–water partition coefficient (Wildman–Crippen LogP) is 7.21. The molecule has 2 amide bonds. The molecule has 5 aromatic rings. The molecule has 1 fully saturated rings. The molecule has 12 heteroatoms. The number of amides is 2. The molecular formula is C45H46N4O7S. The van der Waals surface area contributed by atoms with E-state index in [-0.39, 0.29) is 40.8 Å². The summed E-state index contributed by atoms with van der Waals surface area (Å²) in [6.45, 7) is 4.75. The van der Waals surface area contributed by atoms with Crippen LogP contribution in [0.1, 0.15) is 82.0 Å². The van der Waals surface area contributed by atoms with Gasteiger partial charge in [0, 0.05) is 36.4 Å². The smallest absolute Gasteiger partial charge is 0.359 e. The molecule has 57 heavy (non-hydrogen) atoms. The maximum atomic E-state index is 14.8. The van der Waals surface area contributed by atoms with Gasteiger partial charge in [-0.15, -0.1) is 0 Å². The summed E-state index contributed by atoms with van der Waals surface area (Å²) in [5, 5.41) is 15.9.